The molecule has 1 aromatic carbocycles. The Morgan fingerprint density at radius 2 is 1.76 bits per heavy atom. The zero-order valence-electron chi connectivity index (χ0n) is 17.3. The van der Waals surface area contributed by atoms with Crippen LogP contribution in [0, 0.1) is 20.8 Å². The third kappa shape index (κ3) is 3.61. The van der Waals surface area contributed by atoms with Gasteiger partial charge in [0, 0.05) is 30.5 Å². The number of benzene rings is 1. The summed E-state index contributed by atoms with van der Waals surface area (Å²) in [6, 6.07) is 13.8. The topological polar surface area (TPSA) is 60.4 Å². The minimum atomic E-state index is -0.103. The molecule has 0 spiro atoms. The Kier molecular flexibility index (Phi) is 5.07. The number of aromatic nitrogens is 5. The van der Waals surface area contributed by atoms with Crippen molar-refractivity contribution >= 4 is 5.65 Å². The van der Waals surface area contributed by atoms with Crippen molar-refractivity contribution in [3.63, 3.8) is 0 Å². The molecular formula is C22H26N6O. The molecule has 0 saturated carbocycles. The Morgan fingerprint density at radius 1 is 1.00 bits per heavy atom. The van der Waals surface area contributed by atoms with Gasteiger partial charge in [0.05, 0.1) is 17.9 Å². The molecule has 0 aliphatic heterocycles. The molecule has 0 radical (unpaired) electrons. The van der Waals surface area contributed by atoms with E-state index in [1.54, 1.807) is 10.6 Å². The first-order valence-electron chi connectivity index (χ1n) is 9.79. The standard InChI is InChI=1S/C22H26N6O/c1-16-9-5-6-10-20(16)28-18(3)19(17(2)23-28)15-25(4)13-14-27-22(29)26-12-8-7-11-21(26)24-27/h5-12H,13-15H2,1-4H3. The fourth-order valence-electron chi connectivity index (χ4n) is 3.67. The summed E-state index contributed by atoms with van der Waals surface area (Å²) >= 11 is 0. The van der Waals surface area contributed by atoms with Crippen LogP contribution < -0.4 is 5.69 Å². The second kappa shape index (κ2) is 7.67. The van der Waals surface area contributed by atoms with E-state index in [0.29, 0.717) is 12.2 Å². The van der Waals surface area contributed by atoms with Gasteiger partial charge in [-0.3, -0.25) is 4.40 Å². The average molecular weight is 390 g/mol. The second-order valence-electron chi connectivity index (χ2n) is 7.52. The smallest absolute Gasteiger partial charge is 0.300 e. The molecule has 0 aliphatic carbocycles. The molecule has 3 aromatic heterocycles. The lowest BCUT2D eigenvalue weighted by Gasteiger charge is -2.16. The summed E-state index contributed by atoms with van der Waals surface area (Å²) in [5.74, 6) is 0. The highest BCUT2D eigenvalue weighted by atomic mass is 16.2. The first-order chi connectivity index (χ1) is 14.0. The highest BCUT2D eigenvalue weighted by molar-refractivity contribution is 5.42. The molecule has 29 heavy (non-hydrogen) atoms. The number of hydrogen-bond acceptors (Lipinski definition) is 4. The minimum absolute atomic E-state index is 0.103. The molecule has 0 aliphatic rings. The van der Waals surface area contributed by atoms with Crippen LogP contribution in [0.4, 0.5) is 0 Å². The van der Waals surface area contributed by atoms with Crippen LogP contribution in [0.3, 0.4) is 0 Å². The maximum atomic E-state index is 12.4. The van der Waals surface area contributed by atoms with E-state index in [9.17, 15) is 4.79 Å². The number of nitrogens with zero attached hydrogens (tertiary/aromatic N) is 6. The zero-order chi connectivity index (χ0) is 20.5. The first kappa shape index (κ1) is 19.1. The number of aryl methyl sites for hydroxylation is 2. The molecule has 0 bridgehead atoms. The summed E-state index contributed by atoms with van der Waals surface area (Å²) in [5, 5.41) is 9.18. The fraction of sp³-hybridized carbons (Fsp3) is 0.318. The number of likely N-dealkylation sites (N-methyl/N-ethyl adjacent to an activating group) is 1. The summed E-state index contributed by atoms with van der Waals surface area (Å²) in [4.78, 5) is 14.6. The Morgan fingerprint density at radius 3 is 2.52 bits per heavy atom. The van der Waals surface area contributed by atoms with Gasteiger partial charge >= 0.3 is 5.69 Å². The quantitative estimate of drug-likeness (QED) is 0.508. The van der Waals surface area contributed by atoms with Crippen LogP contribution in [0.15, 0.2) is 53.5 Å². The zero-order valence-corrected chi connectivity index (χ0v) is 17.3. The van der Waals surface area contributed by atoms with Crippen LogP contribution in [-0.4, -0.2) is 42.5 Å². The van der Waals surface area contributed by atoms with Crippen molar-refractivity contribution in [1.82, 2.24) is 28.9 Å². The maximum Gasteiger partial charge on any atom is 0.350 e. The van der Waals surface area contributed by atoms with Crippen LogP contribution in [-0.2, 0) is 13.1 Å². The summed E-state index contributed by atoms with van der Waals surface area (Å²) in [5.41, 5.74) is 6.27. The molecule has 150 valence electrons. The normalized spacial score (nSPS) is 11.6. The molecular weight excluding hydrogens is 364 g/mol. The van der Waals surface area contributed by atoms with E-state index in [0.717, 1.165) is 30.2 Å². The van der Waals surface area contributed by atoms with Crippen molar-refractivity contribution in [2.24, 2.45) is 0 Å². The Bertz CT molecular complexity index is 1220. The maximum absolute atomic E-state index is 12.4. The fourth-order valence-corrected chi connectivity index (χ4v) is 3.67. The molecule has 7 heteroatoms. The first-order valence-corrected chi connectivity index (χ1v) is 9.79. The van der Waals surface area contributed by atoms with Crippen LogP contribution in [0.2, 0.25) is 0 Å². The molecule has 0 amide bonds. The van der Waals surface area contributed by atoms with Crippen LogP contribution in [0.5, 0.6) is 0 Å². The summed E-state index contributed by atoms with van der Waals surface area (Å²) in [7, 11) is 2.06. The number of rotatable bonds is 6. The van der Waals surface area contributed by atoms with Crippen molar-refractivity contribution in [2.75, 3.05) is 13.6 Å². The van der Waals surface area contributed by atoms with Gasteiger partial charge in [-0.1, -0.05) is 24.3 Å². The van der Waals surface area contributed by atoms with E-state index in [1.165, 1.54) is 15.8 Å². The highest BCUT2D eigenvalue weighted by Crippen LogP contribution is 2.21. The van der Waals surface area contributed by atoms with E-state index < -0.39 is 0 Å². The van der Waals surface area contributed by atoms with Crippen molar-refractivity contribution in [3.05, 3.63) is 81.7 Å². The third-order valence-corrected chi connectivity index (χ3v) is 5.39. The van der Waals surface area contributed by atoms with E-state index >= 15 is 0 Å². The van der Waals surface area contributed by atoms with E-state index in [4.69, 9.17) is 5.10 Å². The van der Waals surface area contributed by atoms with E-state index in [1.807, 2.05) is 35.0 Å². The molecule has 0 unspecified atom stereocenters. The summed E-state index contributed by atoms with van der Waals surface area (Å²) < 4.78 is 5.13. The van der Waals surface area contributed by atoms with Crippen molar-refractivity contribution < 1.29 is 0 Å². The van der Waals surface area contributed by atoms with E-state index in [2.05, 4.69) is 50.0 Å². The van der Waals surface area contributed by atoms with Crippen molar-refractivity contribution in [3.8, 4) is 5.69 Å². The summed E-state index contributed by atoms with van der Waals surface area (Å²) in [6.07, 6.45) is 1.75. The van der Waals surface area contributed by atoms with Crippen molar-refractivity contribution in [2.45, 2.75) is 33.9 Å². The lowest BCUT2D eigenvalue weighted by atomic mass is 10.1. The summed E-state index contributed by atoms with van der Waals surface area (Å²) in [6.45, 7) is 8.30. The molecule has 0 atom stereocenters. The SMILES string of the molecule is Cc1ccccc1-n1nc(C)c(CN(C)CCn2nc3ccccn3c2=O)c1C. The van der Waals surface area contributed by atoms with Gasteiger partial charge in [-0.15, -0.1) is 5.10 Å². The molecule has 0 saturated heterocycles. The third-order valence-electron chi connectivity index (χ3n) is 5.39. The van der Waals surface area contributed by atoms with Crippen LogP contribution >= 0.6 is 0 Å². The number of hydrogen-bond donors (Lipinski definition) is 0. The van der Waals surface area contributed by atoms with Gasteiger partial charge < -0.3 is 4.90 Å². The van der Waals surface area contributed by atoms with E-state index in [-0.39, 0.29) is 5.69 Å². The molecule has 4 rings (SSSR count). The Labute approximate surface area is 169 Å². The predicted octanol–water partition coefficient (Wildman–Crippen LogP) is 2.74. The van der Waals surface area contributed by atoms with Gasteiger partial charge in [0.15, 0.2) is 5.65 Å². The van der Waals surface area contributed by atoms with Crippen LogP contribution in [0.25, 0.3) is 11.3 Å². The Hall–Kier alpha value is -3.19. The van der Waals surface area contributed by atoms with Crippen LogP contribution in [0.1, 0.15) is 22.5 Å². The molecule has 0 N–H and O–H groups in total. The lowest BCUT2D eigenvalue weighted by Crippen LogP contribution is -2.29. The molecule has 3 heterocycles. The van der Waals surface area contributed by atoms with Gasteiger partial charge in [-0.2, -0.15) is 5.10 Å². The largest absolute Gasteiger partial charge is 0.350 e. The number of pyridine rings is 1. The lowest BCUT2D eigenvalue weighted by molar-refractivity contribution is 0.302. The Balaban J connectivity index is 1.50. The number of fused-ring (bicyclic) bond motifs is 1. The molecule has 7 nitrogen and oxygen atoms in total. The predicted molar refractivity (Wildman–Crippen MR) is 114 cm³/mol. The van der Waals surface area contributed by atoms with Crippen molar-refractivity contribution in [1.29, 1.82) is 0 Å². The number of para-hydroxylation sites is 1. The minimum Gasteiger partial charge on any atom is -0.300 e. The van der Waals surface area contributed by atoms with Gasteiger partial charge in [-0.05, 0) is 51.6 Å². The average Bonchev–Trinajstić information content (AvgIpc) is 3.18. The van der Waals surface area contributed by atoms with Gasteiger partial charge in [0.2, 0.25) is 0 Å². The highest BCUT2D eigenvalue weighted by Gasteiger charge is 2.16. The van der Waals surface area contributed by atoms with Gasteiger partial charge in [-0.25, -0.2) is 14.2 Å². The van der Waals surface area contributed by atoms with Gasteiger partial charge in [0.25, 0.3) is 0 Å². The second-order valence-corrected chi connectivity index (χ2v) is 7.52. The monoisotopic (exact) mass is 390 g/mol. The molecule has 0 fully saturated rings. The van der Waals surface area contributed by atoms with Gasteiger partial charge in [0.1, 0.15) is 0 Å². The molecule has 4 aromatic rings.